The molecule has 9 heteroatoms. The lowest BCUT2D eigenvalue weighted by atomic mass is 10.0. The molecular weight excluding hydrogens is 576 g/mol. The van der Waals surface area contributed by atoms with Crippen LogP contribution in [0.25, 0.3) is 17.0 Å². The van der Waals surface area contributed by atoms with Gasteiger partial charge in [-0.2, -0.15) is 0 Å². The molecule has 1 aromatic heterocycles. The van der Waals surface area contributed by atoms with E-state index in [0.717, 1.165) is 33.9 Å². The Morgan fingerprint density at radius 1 is 1.00 bits per heavy atom. The molecule has 194 valence electrons. The Morgan fingerprint density at radius 2 is 1.74 bits per heavy atom. The molecule has 0 bridgehead atoms. The summed E-state index contributed by atoms with van der Waals surface area (Å²) in [4.78, 5) is 43.1. The first kappa shape index (κ1) is 25.2. The monoisotopic (exact) mass is 598 g/mol. The maximum atomic E-state index is 13.5. The van der Waals surface area contributed by atoms with E-state index >= 15 is 0 Å². The maximum absolute atomic E-state index is 13.5. The van der Waals surface area contributed by atoms with Crippen molar-refractivity contribution < 1.29 is 14.4 Å². The van der Waals surface area contributed by atoms with Crippen LogP contribution in [0.4, 0.5) is 11.4 Å². The molecule has 0 aliphatic carbocycles. The summed E-state index contributed by atoms with van der Waals surface area (Å²) in [5, 5.41) is 3.49. The van der Waals surface area contributed by atoms with E-state index in [1.807, 2.05) is 58.1 Å². The molecule has 0 radical (unpaired) electrons. The van der Waals surface area contributed by atoms with Gasteiger partial charge in [0.05, 0.1) is 5.69 Å². The number of amides is 3. The summed E-state index contributed by atoms with van der Waals surface area (Å²) >= 11 is 8.71. The van der Waals surface area contributed by atoms with Crippen molar-refractivity contribution in [2.75, 3.05) is 16.3 Å². The van der Waals surface area contributed by atoms with Crippen LogP contribution in [0.15, 0.2) is 89.0 Å². The van der Waals surface area contributed by atoms with Crippen molar-refractivity contribution in [3.05, 3.63) is 100 Å². The minimum absolute atomic E-state index is 0.0136. The number of nitrogens with zero attached hydrogens (tertiary/aromatic N) is 3. The van der Waals surface area contributed by atoms with Crippen LogP contribution in [-0.2, 0) is 27.3 Å². The van der Waals surface area contributed by atoms with Gasteiger partial charge in [0.25, 0.3) is 11.8 Å². The number of carbonyl (C=O) groups is 3. The van der Waals surface area contributed by atoms with Crippen LogP contribution in [0, 0.1) is 0 Å². The van der Waals surface area contributed by atoms with Gasteiger partial charge in [-0.05, 0) is 73.1 Å². The average molecular weight is 600 g/mol. The van der Waals surface area contributed by atoms with Crippen molar-refractivity contribution in [3.8, 4) is 0 Å². The summed E-state index contributed by atoms with van der Waals surface area (Å²) in [5.41, 5.74) is 4.15. The molecule has 0 saturated carbocycles. The van der Waals surface area contributed by atoms with E-state index in [1.165, 1.54) is 10.5 Å². The highest BCUT2D eigenvalue weighted by Gasteiger charge is 2.34. The molecule has 3 heterocycles. The molecule has 39 heavy (non-hydrogen) atoms. The summed E-state index contributed by atoms with van der Waals surface area (Å²) in [7, 11) is 0. The van der Waals surface area contributed by atoms with Crippen LogP contribution in [0.5, 0.6) is 0 Å². The predicted molar refractivity (Wildman–Crippen MR) is 159 cm³/mol. The van der Waals surface area contributed by atoms with E-state index in [-0.39, 0.29) is 23.1 Å². The van der Waals surface area contributed by atoms with Gasteiger partial charge in [0.2, 0.25) is 5.91 Å². The Kier molecular flexibility index (Phi) is 6.62. The summed E-state index contributed by atoms with van der Waals surface area (Å²) < 4.78 is 2.74. The number of aromatic nitrogens is 1. The number of halogens is 1. The third-order valence-electron chi connectivity index (χ3n) is 7.02. The van der Waals surface area contributed by atoms with E-state index in [9.17, 15) is 14.4 Å². The zero-order valence-electron chi connectivity index (χ0n) is 20.8. The zero-order valence-corrected chi connectivity index (χ0v) is 23.2. The molecule has 2 aliphatic rings. The van der Waals surface area contributed by atoms with E-state index in [4.69, 9.17) is 12.2 Å². The zero-order chi connectivity index (χ0) is 27.1. The Bertz CT molecular complexity index is 1690. The molecule has 7 nitrogen and oxygen atoms in total. The van der Waals surface area contributed by atoms with Crippen LogP contribution < -0.4 is 15.1 Å². The highest BCUT2D eigenvalue weighted by atomic mass is 79.9. The summed E-state index contributed by atoms with van der Waals surface area (Å²) in [6.45, 7) is 0.805. The van der Waals surface area contributed by atoms with Crippen LogP contribution in [0.2, 0.25) is 0 Å². The Balaban J connectivity index is 1.35. The number of hydrogen-bond acceptors (Lipinski definition) is 4. The average Bonchev–Trinajstić information content (AvgIpc) is 3.28. The van der Waals surface area contributed by atoms with Gasteiger partial charge in [-0.25, -0.2) is 0 Å². The van der Waals surface area contributed by atoms with E-state index in [0.29, 0.717) is 17.8 Å². The SMILES string of the molecule is O=C1NC(=S)N(c2ccc(Br)cc2)C(=O)/C1=C\c1cn(CC(=O)N2CCCc3ccccc32)c2ccccc12. The van der Waals surface area contributed by atoms with Crippen molar-refractivity contribution in [3.63, 3.8) is 0 Å². The summed E-state index contributed by atoms with van der Waals surface area (Å²) in [6.07, 6.45) is 5.27. The van der Waals surface area contributed by atoms with Crippen molar-refractivity contribution in [2.45, 2.75) is 19.4 Å². The molecule has 1 N–H and O–H groups in total. The third kappa shape index (κ3) is 4.68. The number of fused-ring (bicyclic) bond motifs is 2. The van der Waals surface area contributed by atoms with Crippen LogP contribution in [0.1, 0.15) is 17.5 Å². The first-order chi connectivity index (χ1) is 18.9. The lowest BCUT2D eigenvalue weighted by Gasteiger charge is -2.29. The van der Waals surface area contributed by atoms with Crippen LogP contribution in [-0.4, -0.2) is 33.9 Å². The highest BCUT2D eigenvalue weighted by molar-refractivity contribution is 9.10. The van der Waals surface area contributed by atoms with Crippen molar-refractivity contribution >= 4 is 79.3 Å². The molecule has 3 amide bonds. The quantitative estimate of drug-likeness (QED) is 0.199. The van der Waals surface area contributed by atoms with Gasteiger partial charge in [0.15, 0.2) is 5.11 Å². The fourth-order valence-corrected chi connectivity index (χ4v) is 5.73. The Hall–Kier alpha value is -4.08. The number of para-hydroxylation sites is 2. The van der Waals surface area contributed by atoms with Crippen LogP contribution in [0.3, 0.4) is 0 Å². The molecule has 2 aliphatic heterocycles. The van der Waals surface area contributed by atoms with Gasteiger partial charge in [-0.3, -0.25) is 24.6 Å². The molecule has 4 aromatic rings. The molecule has 0 unspecified atom stereocenters. The molecule has 0 spiro atoms. The van der Waals surface area contributed by atoms with Gasteiger partial charge in [0.1, 0.15) is 12.1 Å². The Labute approximate surface area is 238 Å². The number of carbonyl (C=O) groups excluding carboxylic acids is 3. The predicted octanol–water partition coefficient (Wildman–Crippen LogP) is 5.21. The normalized spacial score (nSPS) is 16.5. The maximum Gasteiger partial charge on any atom is 0.270 e. The van der Waals surface area contributed by atoms with Crippen molar-refractivity contribution in [1.82, 2.24) is 9.88 Å². The highest BCUT2D eigenvalue weighted by Crippen LogP contribution is 2.30. The molecule has 6 rings (SSSR count). The first-order valence-corrected chi connectivity index (χ1v) is 13.7. The fraction of sp³-hybridized carbons (Fsp3) is 0.133. The van der Waals surface area contributed by atoms with Gasteiger partial charge in [-0.1, -0.05) is 52.3 Å². The van der Waals surface area contributed by atoms with E-state index < -0.39 is 11.8 Å². The standard InChI is InChI=1S/C30H23BrN4O3S/c31-21-11-13-22(14-12-21)35-29(38)24(28(37)32-30(35)39)16-20-17-33(26-10-4-2-8-23(20)26)18-27(36)34-15-5-7-19-6-1-3-9-25(19)34/h1-4,6,8-14,16-17H,5,7,15,18H2,(H,32,37,39)/b24-16-. The van der Waals surface area contributed by atoms with Gasteiger partial charge >= 0.3 is 0 Å². The second-order valence-electron chi connectivity index (χ2n) is 9.44. The Morgan fingerprint density at radius 3 is 2.56 bits per heavy atom. The second kappa shape index (κ2) is 10.2. The minimum Gasteiger partial charge on any atom is -0.337 e. The second-order valence-corrected chi connectivity index (χ2v) is 10.7. The third-order valence-corrected chi connectivity index (χ3v) is 7.84. The number of thiocarbonyl (C=S) groups is 1. The lowest BCUT2D eigenvalue weighted by Crippen LogP contribution is -2.54. The number of aryl methyl sites for hydroxylation is 1. The van der Waals surface area contributed by atoms with E-state index in [2.05, 4.69) is 27.3 Å². The smallest absolute Gasteiger partial charge is 0.270 e. The number of benzene rings is 3. The number of hydrogen-bond donors (Lipinski definition) is 1. The topological polar surface area (TPSA) is 74.6 Å². The van der Waals surface area contributed by atoms with Gasteiger partial charge in [0, 0.05) is 39.4 Å². The number of anilines is 2. The number of nitrogens with one attached hydrogen (secondary N) is 1. The lowest BCUT2D eigenvalue weighted by molar-refractivity contribution is -0.122. The fourth-order valence-electron chi connectivity index (χ4n) is 5.18. The molecule has 0 atom stereocenters. The summed E-state index contributed by atoms with van der Waals surface area (Å²) in [5.74, 6) is -1.08. The molecular formula is C30H23BrN4O3S. The van der Waals surface area contributed by atoms with Gasteiger partial charge in [-0.15, -0.1) is 0 Å². The van der Waals surface area contributed by atoms with Crippen molar-refractivity contribution in [2.24, 2.45) is 0 Å². The summed E-state index contributed by atoms with van der Waals surface area (Å²) in [6, 6.07) is 22.8. The van der Waals surface area contributed by atoms with Gasteiger partial charge < -0.3 is 9.47 Å². The number of rotatable bonds is 4. The first-order valence-electron chi connectivity index (χ1n) is 12.5. The molecule has 1 saturated heterocycles. The van der Waals surface area contributed by atoms with Crippen LogP contribution >= 0.6 is 28.1 Å². The van der Waals surface area contributed by atoms with Crippen molar-refractivity contribution in [1.29, 1.82) is 0 Å². The molecule has 3 aromatic carbocycles. The molecule has 1 fully saturated rings. The van der Waals surface area contributed by atoms with E-state index in [1.54, 1.807) is 30.3 Å². The largest absolute Gasteiger partial charge is 0.337 e. The minimum atomic E-state index is -0.559.